The first-order valence-corrected chi connectivity index (χ1v) is 7.11. The SMILES string of the molecule is CCC1NC2(CCCC2)C(=O)N1C1CC1(C)C. The second-order valence-corrected chi connectivity index (χ2v) is 6.78. The molecule has 1 spiro atoms. The van der Waals surface area contributed by atoms with Crippen LogP contribution in [0.5, 0.6) is 0 Å². The van der Waals surface area contributed by atoms with Crippen LogP contribution in [0.3, 0.4) is 0 Å². The van der Waals surface area contributed by atoms with E-state index in [1.807, 2.05) is 0 Å². The molecule has 96 valence electrons. The third-order valence-corrected chi connectivity index (χ3v) is 5.06. The van der Waals surface area contributed by atoms with E-state index in [0.717, 1.165) is 19.3 Å². The van der Waals surface area contributed by atoms with Crippen molar-refractivity contribution in [2.24, 2.45) is 5.41 Å². The lowest BCUT2D eigenvalue weighted by molar-refractivity contribution is -0.134. The first kappa shape index (κ1) is 11.5. The molecule has 0 aromatic rings. The average Bonchev–Trinajstić information content (AvgIpc) is 2.70. The van der Waals surface area contributed by atoms with E-state index in [9.17, 15) is 4.79 Å². The van der Waals surface area contributed by atoms with Crippen LogP contribution in [0.4, 0.5) is 0 Å². The Morgan fingerprint density at radius 1 is 1.35 bits per heavy atom. The lowest BCUT2D eigenvalue weighted by atomic mass is 9.98. The largest absolute Gasteiger partial charge is 0.322 e. The normalized spacial score (nSPS) is 38.1. The topological polar surface area (TPSA) is 32.3 Å². The summed E-state index contributed by atoms with van der Waals surface area (Å²) in [6.45, 7) is 6.73. The van der Waals surface area contributed by atoms with Crippen LogP contribution in [0.25, 0.3) is 0 Å². The molecule has 0 aromatic carbocycles. The Morgan fingerprint density at radius 3 is 2.41 bits per heavy atom. The molecule has 3 rings (SSSR count). The van der Waals surface area contributed by atoms with E-state index in [0.29, 0.717) is 17.4 Å². The standard InChI is InChI=1S/C14H24N2O/c1-4-11-15-14(7-5-6-8-14)12(17)16(11)10-9-13(10,2)3/h10-11,15H,4-9H2,1-3H3. The molecule has 2 aliphatic carbocycles. The highest BCUT2D eigenvalue weighted by atomic mass is 16.2. The minimum atomic E-state index is -0.181. The molecule has 3 aliphatic rings. The number of rotatable bonds is 2. The maximum absolute atomic E-state index is 12.7. The Bertz CT molecular complexity index is 344. The zero-order chi connectivity index (χ0) is 12.3. The lowest BCUT2D eigenvalue weighted by Gasteiger charge is -2.25. The van der Waals surface area contributed by atoms with Gasteiger partial charge in [0.05, 0.1) is 11.7 Å². The van der Waals surface area contributed by atoms with Gasteiger partial charge in [-0.15, -0.1) is 0 Å². The number of amides is 1. The average molecular weight is 236 g/mol. The van der Waals surface area contributed by atoms with E-state index in [2.05, 4.69) is 31.0 Å². The molecule has 1 aliphatic heterocycles. The van der Waals surface area contributed by atoms with Crippen LogP contribution >= 0.6 is 0 Å². The van der Waals surface area contributed by atoms with Crippen molar-refractivity contribution in [2.45, 2.75) is 77.0 Å². The van der Waals surface area contributed by atoms with Crippen molar-refractivity contribution in [1.82, 2.24) is 10.2 Å². The van der Waals surface area contributed by atoms with E-state index in [1.54, 1.807) is 0 Å². The Balaban J connectivity index is 1.85. The summed E-state index contributed by atoms with van der Waals surface area (Å²) in [5.41, 5.74) is 0.161. The molecule has 1 N–H and O–H groups in total. The third-order valence-electron chi connectivity index (χ3n) is 5.06. The number of hydrogen-bond donors (Lipinski definition) is 1. The quantitative estimate of drug-likeness (QED) is 0.797. The lowest BCUT2D eigenvalue weighted by Crippen LogP contribution is -2.44. The van der Waals surface area contributed by atoms with Gasteiger partial charge < -0.3 is 4.90 Å². The fraction of sp³-hybridized carbons (Fsp3) is 0.929. The van der Waals surface area contributed by atoms with E-state index in [4.69, 9.17) is 0 Å². The summed E-state index contributed by atoms with van der Waals surface area (Å²) in [4.78, 5) is 14.9. The Morgan fingerprint density at radius 2 is 1.94 bits per heavy atom. The smallest absolute Gasteiger partial charge is 0.244 e. The Labute approximate surface area is 104 Å². The van der Waals surface area contributed by atoms with Gasteiger partial charge in [0.15, 0.2) is 0 Å². The number of nitrogens with one attached hydrogen (secondary N) is 1. The molecule has 2 atom stereocenters. The first-order chi connectivity index (χ1) is 8.00. The number of nitrogens with zero attached hydrogens (tertiary/aromatic N) is 1. The highest BCUT2D eigenvalue weighted by Gasteiger charge is 2.60. The van der Waals surface area contributed by atoms with Gasteiger partial charge in [-0.2, -0.15) is 0 Å². The van der Waals surface area contributed by atoms with Gasteiger partial charge in [0.25, 0.3) is 0 Å². The van der Waals surface area contributed by atoms with Crippen molar-refractivity contribution >= 4 is 5.91 Å². The summed E-state index contributed by atoms with van der Waals surface area (Å²) >= 11 is 0. The monoisotopic (exact) mass is 236 g/mol. The summed E-state index contributed by atoms with van der Waals surface area (Å²) in [6.07, 6.45) is 6.99. The van der Waals surface area contributed by atoms with Gasteiger partial charge in [-0.3, -0.25) is 10.1 Å². The fourth-order valence-corrected chi connectivity index (χ4v) is 3.75. The maximum atomic E-state index is 12.7. The molecule has 17 heavy (non-hydrogen) atoms. The van der Waals surface area contributed by atoms with Crippen LogP contribution in [0.15, 0.2) is 0 Å². The van der Waals surface area contributed by atoms with Crippen molar-refractivity contribution in [3.05, 3.63) is 0 Å². The molecule has 2 saturated carbocycles. The second kappa shape index (κ2) is 3.47. The minimum absolute atomic E-state index is 0.181. The molecular weight excluding hydrogens is 212 g/mol. The van der Waals surface area contributed by atoms with E-state index in [-0.39, 0.29) is 11.7 Å². The number of carbonyl (C=O) groups excluding carboxylic acids is 1. The number of hydrogen-bond acceptors (Lipinski definition) is 2. The molecular formula is C14H24N2O. The van der Waals surface area contributed by atoms with Gasteiger partial charge in [0.2, 0.25) is 5.91 Å². The maximum Gasteiger partial charge on any atom is 0.244 e. The molecule has 1 amide bonds. The summed E-state index contributed by atoms with van der Waals surface area (Å²) in [5.74, 6) is 0.400. The van der Waals surface area contributed by atoms with E-state index < -0.39 is 0 Å². The highest BCUT2D eigenvalue weighted by molar-refractivity contribution is 5.89. The summed E-state index contributed by atoms with van der Waals surface area (Å²) in [7, 11) is 0. The van der Waals surface area contributed by atoms with Crippen LogP contribution in [-0.2, 0) is 4.79 Å². The first-order valence-electron chi connectivity index (χ1n) is 7.11. The summed E-state index contributed by atoms with van der Waals surface area (Å²) < 4.78 is 0. The van der Waals surface area contributed by atoms with Crippen LogP contribution in [0, 0.1) is 5.41 Å². The molecule has 0 aromatic heterocycles. The van der Waals surface area contributed by atoms with Gasteiger partial charge in [0, 0.05) is 6.04 Å². The second-order valence-electron chi connectivity index (χ2n) is 6.78. The zero-order valence-electron chi connectivity index (χ0n) is 11.3. The third kappa shape index (κ3) is 1.55. The minimum Gasteiger partial charge on any atom is -0.322 e. The predicted octanol–water partition coefficient (Wildman–Crippen LogP) is 2.27. The van der Waals surface area contributed by atoms with Gasteiger partial charge in [-0.1, -0.05) is 33.6 Å². The van der Waals surface area contributed by atoms with Crippen molar-refractivity contribution in [1.29, 1.82) is 0 Å². The molecule has 3 fully saturated rings. The molecule has 0 radical (unpaired) electrons. The molecule has 1 heterocycles. The molecule has 3 heteroatoms. The molecule has 3 nitrogen and oxygen atoms in total. The molecule has 2 unspecified atom stereocenters. The summed E-state index contributed by atoms with van der Waals surface area (Å²) in [5, 5.41) is 3.65. The van der Waals surface area contributed by atoms with Crippen molar-refractivity contribution in [2.75, 3.05) is 0 Å². The Hall–Kier alpha value is -0.570. The van der Waals surface area contributed by atoms with Gasteiger partial charge in [0.1, 0.15) is 0 Å². The van der Waals surface area contributed by atoms with Crippen LogP contribution < -0.4 is 5.32 Å². The Kier molecular flexibility index (Phi) is 2.35. The van der Waals surface area contributed by atoms with Crippen molar-refractivity contribution in [3.63, 3.8) is 0 Å². The van der Waals surface area contributed by atoms with Crippen LogP contribution in [0.2, 0.25) is 0 Å². The van der Waals surface area contributed by atoms with Crippen LogP contribution in [0.1, 0.15) is 59.3 Å². The van der Waals surface area contributed by atoms with Crippen molar-refractivity contribution < 1.29 is 4.79 Å². The van der Waals surface area contributed by atoms with E-state index in [1.165, 1.54) is 19.3 Å². The summed E-state index contributed by atoms with van der Waals surface area (Å²) in [6, 6.07) is 0.479. The van der Waals surface area contributed by atoms with Gasteiger partial charge in [-0.25, -0.2) is 0 Å². The van der Waals surface area contributed by atoms with Crippen molar-refractivity contribution in [3.8, 4) is 0 Å². The van der Waals surface area contributed by atoms with Crippen LogP contribution in [-0.4, -0.2) is 28.6 Å². The fourth-order valence-electron chi connectivity index (χ4n) is 3.75. The highest BCUT2D eigenvalue weighted by Crippen LogP contribution is 2.52. The number of carbonyl (C=O) groups is 1. The predicted molar refractivity (Wildman–Crippen MR) is 67.4 cm³/mol. The van der Waals surface area contributed by atoms with Gasteiger partial charge in [-0.05, 0) is 31.1 Å². The van der Waals surface area contributed by atoms with E-state index >= 15 is 0 Å². The zero-order valence-corrected chi connectivity index (χ0v) is 11.3. The molecule has 0 bridgehead atoms. The van der Waals surface area contributed by atoms with Gasteiger partial charge >= 0.3 is 0 Å². The molecule has 1 saturated heterocycles.